The maximum Gasteiger partial charge on any atom is 0.339 e. The van der Waals surface area contributed by atoms with Gasteiger partial charge >= 0.3 is 5.97 Å². The van der Waals surface area contributed by atoms with Crippen molar-refractivity contribution in [3.05, 3.63) is 90.1 Å². The second-order valence-electron chi connectivity index (χ2n) is 7.54. The number of thioether (sulfide) groups is 1. The summed E-state index contributed by atoms with van der Waals surface area (Å²) in [5.41, 5.74) is 2.42. The van der Waals surface area contributed by atoms with Gasteiger partial charge in [0.2, 0.25) is 11.8 Å². The fourth-order valence-corrected chi connectivity index (χ4v) is 3.98. The fourth-order valence-electron chi connectivity index (χ4n) is 3.44. The summed E-state index contributed by atoms with van der Waals surface area (Å²) in [4.78, 5) is 42.2. The highest BCUT2D eigenvalue weighted by atomic mass is 32.2. The van der Waals surface area contributed by atoms with Gasteiger partial charge in [-0.3, -0.25) is 9.59 Å². The molecule has 4 aromatic rings. The zero-order chi connectivity index (χ0) is 24.8. The highest BCUT2D eigenvalue weighted by Crippen LogP contribution is 2.29. The molecule has 35 heavy (non-hydrogen) atoms. The van der Waals surface area contributed by atoms with Gasteiger partial charge in [0.15, 0.2) is 18.2 Å². The first-order valence-corrected chi connectivity index (χ1v) is 12.0. The zero-order valence-corrected chi connectivity index (χ0v) is 19.9. The minimum atomic E-state index is -0.670. The molecule has 176 valence electrons. The average molecular weight is 487 g/mol. The molecular weight excluding hydrogens is 464 g/mol. The SMILES string of the molecule is CSc1ccc(C(=O)COC(=O)c2ccccc2-c2ncc(-c3ccccc3)o2)cc1NC(C)=O. The summed E-state index contributed by atoms with van der Waals surface area (Å²) in [7, 11) is 0. The Morgan fingerprint density at radius 1 is 1.00 bits per heavy atom. The number of ketones is 1. The van der Waals surface area contributed by atoms with Gasteiger partial charge in [-0.15, -0.1) is 11.8 Å². The van der Waals surface area contributed by atoms with Crippen molar-refractivity contribution in [3.8, 4) is 22.8 Å². The second kappa shape index (κ2) is 10.8. The Balaban J connectivity index is 1.50. The molecule has 0 spiro atoms. The number of nitrogens with one attached hydrogen (secondary N) is 1. The molecule has 3 aromatic carbocycles. The predicted octanol–water partition coefficient (Wildman–Crippen LogP) is 5.73. The summed E-state index contributed by atoms with van der Waals surface area (Å²) >= 11 is 1.45. The first-order chi connectivity index (χ1) is 17.0. The minimum absolute atomic E-state index is 0.235. The maximum absolute atomic E-state index is 12.9. The average Bonchev–Trinajstić information content (AvgIpc) is 3.37. The number of Topliss-reactive ketones (excluding diaryl/α,β-unsaturated/α-hetero) is 1. The Hall–Kier alpha value is -4.17. The molecule has 0 aliphatic carbocycles. The van der Waals surface area contributed by atoms with Crippen molar-refractivity contribution in [1.82, 2.24) is 4.98 Å². The molecule has 0 saturated heterocycles. The molecule has 7 nitrogen and oxygen atoms in total. The third-order valence-electron chi connectivity index (χ3n) is 5.11. The van der Waals surface area contributed by atoms with Crippen LogP contribution in [0.2, 0.25) is 0 Å². The van der Waals surface area contributed by atoms with Crippen LogP contribution in [0.4, 0.5) is 5.69 Å². The van der Waals surface area contributed by atoms with Gasteiger partial charge in [0, 0.05) is 22.9 Å². The fraction of sp³-hybridized carbons (Fsp3) is 0.111. The summed E-state index contributed by atoms with van der Waals surface area (Å²) < 4.78 is 11.2. The predicted molar refractivity (Wildman–Crippen MR) is 135 cm³/mol. The molecule has 1 heterocycles. The lowest BCUT2D eigenvalue weighted by molar-refractivity contribution is -0.114. The van der Waals surface area contributed by atoms with Gasteiger partial charge in [-0.1, -0.05) is 48.5 Å². The summed E-state index contributed by atoms with van der Waals surface area (Å²) in [5, 5.41) is 2.71. The van der Waals surface area contributed by atoms with E-state index in [1.165, 1.54) is 18.7 Å². The lowest BCUT2D eigenvalue weighted by Crippen LogP contribution is -2.15. The van der Waals surface area contributed by atoms with Gasteiger partial charge in [-0.05, 0) is 30.5 Å². The van der Waals surface area contributed by atoms with Crippen molar-refractivity contribution in [3.63, 3.8) is 0 Å². The molecule has 0 radical (unpaired) electrons. The first-order valence-electron chi connectivity index (χ1n) is 10.7. The number of esters is 1. The largest absolute Gasteiger partial charge is 0.454 e. The number of ether oxygens (including phenoxy) is 1. The number of carbonyl (C=O) groups is 3. The molecule has 1 aromatic heterocycles. The lowest BCUT2D eigenvalue weighted by atomic mass is 10.1. The van der Waals surface area contributed by atoms with Crippen molar-refractivity contribution >= 4 is 35.1 Å². The first kappa shape index (κ1) is 24.0. The number of benzene rings is 3. The Labute approximate surface area is 206 Å². The van der Waals surface area contributed by atoms with Crippen LogP contribution in [0.1, 0.15) is 27.6 Å². The van der Waals surface area contributed by atoms with E-state index >= 15 is 0 Å². The topological polar surface area (TPSA) is 98.5 Å². The van der Waals surface area contributed by atoms with Crippen molar-refractivity contribution in [1.29, 1.82) is 0 Å². The number of anilines is 1. The van der Waals surface area contributed by atoms with E-state index in [2.05, 4.69) is 10.3 Å². The minimum Gasteiger partial charge on any atom is -0.454 e. The van der Waals surface area contributed by atoms with Crippen LogP contribution in [0.5, 0.6) is 0 Å². The molecule has 4 rings (SSSR count). The number of hydrogen-bond donors (Lipinski definition) is 1. The van der Waals surface area contributed by atoms with Crippen LogP contribution in [-0.4, -0.2) is 35.5 Å². The highest BCUT2D eigenvalue weighted by molar-refractivity contribution is 7.98. The van der Waals surface area contributed by atoms with Crippen LogP contribution in [0.3, 0.4) is 0 Å². The molecule has 0 bridgehead atoms. The normalized spacial score (nSPS) is 10.6. The zero-order valence-electron chi connectivity index (χ0n) is 19.1. The number of carbonyl (C=O) groups excluding carboxylic acids is 3. The summed E-state index contributed by atoms with van der Waals surface area (Å²) in [5.74, 6) is -0.457. The van der Waals surface area contributed by atoms with E-state index in [1.807, 2.05) is 36.6 Å². The highest BCUT2D eigenvalue weighted by Gasteiger charge is 2.20. The van der Waals surface area contributed by atoms with Gasteiger partial charge in [0.1, 0.15) is 0 Å². The lowest BCUT2D eigenvalue weighted by Gasteiger charge is -2.11. The molecule has 0 aliphatic rings. The monoisotopic (exact) mass is 486 g/mol. The number of amides is 1. The molecular formula is C27H22N2O5S. The van der Waals surface area contributed by atoms with Gasteiger partial charge in [0.05, 0.1) is 23.0 Å². The van der Waals surface area contributed by atoms with E-state index in [0.717, 1.165) is 10.5 Å². The van der Waals surface area contributed by atoms with Crippen molar-refractivity contribution in [2.24, 2.45) is 0 Å². The van der Waals surface area contributed by atoms with Crippen molar-refractivity contribution in [2.45, 2.75) is 11.8 Å². The van der Waals surface area contributed by atoms with Crippen molar-refractivity contribution < 1.29 is 23.5 Å². The maximum atomic E-state index is 12.9. The smallest absolute Gasteiger partial charge is 0.339 e. The molecule has 1 N–H and O–H groups in total. The number of rotatable bonds is 8. The number of hydrogen-bond acceptors (Lipinski definition) is 7. The molecule has 0 fully saturated rings. The van der Waals surface area contributed by atoms with Crippen LogP contribution in [0.25, 0.3) is 22.8 Å². The number of aromatic nitrogens is 1. The number of oxazole rings is 1. The Morgan fingerprint density at radius 3 is 2.49 bits per heavy atom. The van der Waals surface area contributed by atoms with Crippen LogP contribution < -0.4 is 5.32 Å². The Bertz CT molecular complexity index is 1380. The van der Waals surface area contributed by atoms with E-state index in [0.29, 0.717) is 22.6 Å². The van der Waals surface area contributed by atoms with Crippen LogP contribution in [-0.2, 0) is 9.53 Å². The van der Waals surface area contributed by atoms with E-state index < -0.39 is 18.4 Å². The third-order valence-corrected chi connectivity index (χ3v) is 5.90. The van der Waals surface area contributed by atoms with E-state index in [4.69, 9.17) is 9.15 Å². The Morgan fingerprint density at radius 2 is 1.74 bits per heavy atom. The standard InChI is InChI=1S/C27H22N2O5S/c1-17(30)29-22-14-19(12-13-25(22)35-2)23(31)16-33-27(32)21-11-7-6-10-20(21)26-28-15-24(34-26)18-8-4-3-5-9-18/h3-15H,16H2,1-2H3,(H,29,30). The van der Waals surface area contributed by atoms with Gasteiger partial charge in [-0.2, -0.15) is 0 Å². The van der Waals surface area contributed by atoms with E-state index in [-0.39, 0.29) is 17.4 Å². The molecule has 1 amide bonds. The summed E-state index contributed by atoms with van der Waals surface area (Å²) in [6.07, 6.45) is 3.47. The van der Waals surface area contributed by atoms with Crippen molar-refractivity contribution in [2.75, 3.05) is 18.2 Å². The van der Waals surface area contributed by atoms with Gasteiger partial charge < -0.3 is 14.5 Å². The van der Waals surface area contributed by atoms with Gasteiger partial charge in [0.25, 0.3) is 0 Å². The number of nitrogens with zero attached hydrogens (tertiary/aromatic N) is 1. The molecule has 0 saturated carbocycles. The molecule has 0 atom stereocenters. The summed E-state index contributed by atoms with van der Waals surface area (Å²) in [6.45, 7) is 0.945. The van der Waals surface area contributed by atoms with Crippen LogP contribution in [0.15, 0.2) is 88.3 Å². The second-order valence-corrected chi connectivity index (χ2v) is 8.38. The van der Waals surface area contributed by atoms with E-state index in [9.17, 15) is 14.4 Å². The van der Waals surface area contributed by atoms with E-state index in [1.54, 1.807) is 48.7 Å². The summed E-state index contributed by atoms with van der Waals surface area (Å²) in [6, 6.07) is 21.2. The third kappa shape index (κ3) is 5.67. The van der Waals surface area contributed by atoms with Gasteiger partial charge in [-0.25, -0.2) is 9.78 Å². The van der Waals surface area contributed by atoms with Crippen LogP contribution >= 0.6 is 11.8 Å². The molecule has 8 heteroatoms. The molecule has 0 aliphatic heterocycles. The quantitative estimate of drug-likeness (QED) is 0.193. The Kier molecular flexibility index (Phi) is 7.42. The molecule has 0 unspecified atom stereocenters. The van der Waals surface area contributed by atoms with Crippen LogP contribution in [0, 0.1) is 0 Å².